The van der Waals surface area contributed by atoms with Crippen LogP contribution >= 0.6 is 23.7 Å². The molecule has 37 heavy (non-hydrogen) atoms. The molecule has 8 nitrogen and oxygen atoms in total. The molecule has 2 aromatic carbocycles. The molecule has 2 heterocycles. The highest BCUT2D eigenvalue weighted by molar-refractivity contribution is 7.89. The van der Waals surface area contributed by atoms with E-state index in [9.17, 15) is 13.2 Å². The molecule has 0 radical (unpaired) electrons. The van der Waals surface area contributed by atoms with E-state index in [2.05, 4.69) is 4.90 Å². The number of fused-ring (bicyclic) bond motifs is 1. The fraction of sp³-hybridized carbons (Fsp3) is 0.462. The number of hydrogen-bond donors (Lipinski definition) is 0. The number of anilines is 1. The number of methoxy groups -OCH3 is 1. The molecule has 4 rings (SSSR count). The zero-order valence-electron chi connectivity index (χ0n) is 21.7. The SMILES string of the molecule is COc1ccc2sc(N(CCCN(C)C)C(=O)c3ccc(S(=O)(=O)N4CCCCC4C)cc3)nc2c1.Cl. The normalized spacial score (nSPS) is 16.5. The highest BCUT2D eigenvalue weighted by atomic mass is 35.5. The van der Waals surface area contributed by atoms with Gasteiger partial charge in [0.1, 0.15) is 5.75 Å². The minimum absolute atomic E-state index is 0. The van der Waals surface area contributed by atoms with Crippen LogP contribution in [0.3, 0.4) is 0 Å². The molecule has 0 N–H and O–H groups in total. The highest BCUT2D eigenvalue weighted by Gasteiger charge is 2.31. The lowest BCUT2D eigenvalue weighted by Crippen LogP contribution is -2.41. The first-order valence-electron chi connectivity index (χ1n) is 12.2. The van der Waals surface area contributed by atoms with E-state index in [0.29, 0.717) is 29.5 Å². The van der Waals surface area contributed by atoms with Gasteiger partial charge in [0.2, 0.25) is 10.0 Å². The summed E-state index contributed by atoms with van der Waals surface area (Å²) in [4.78, 5) is 22.3. The molecule has 1 aromatic heterocycles. The minimum Gasteiger partial charge on any atom is -0.497 e. The number of thiazole rings is 1. The zero-order chi connectivity index (χ0) is 25.9. The summed E-state index contributed by atoms with van der Waals surface area (Å²) < 4.78 is 34.3. The summed E-state index contributed by atoms with van der Waals surface area (Å²) in [6.45, 7) is 3.81. The van der Waals surface area contributed by atoms with Crippen LogP contribution in [0.15, 0.2) is 47.4 Å². The number of piperidine rings is 1. The maximum atomic E-state index is 13.6. The first kappa shape index (κ1) is 29.3. The Hall–Kier alpha value is -2.24. The Morgan fingerprint density at radius 1 is 1.14 bits per heavy atom. The van der Waals surface area contributed by atoms with E-state index in [0.717, 1.165) is 42.4 Å². The van der Waals surface area contributed by atoms with Crippen LogP contribution in [-0.4, -0.2) is 75.4 Å². The smallest absolute Gasteiger partial charge is 0.260 e. The summed E-state index contributed by atoms with van der Waals surface area (Å²) in [6.07, 6.45) is 3.56. The molecule has 0 spiro atoms. The molecule has 3 aromatic rings. The van der Waals surface area contributed by atoms with Crippen molar-refractivity contribution in [3.8, 4) is 5.75 Å². The van der Waals surface area contributed by atoms with Gasteiger partial charge in [-0.15, -0.1) is 12.4 Å². The second-order valence-corrected chi connectivity index (χ2v) is 12.3. The van der Waals surface area contributed by atoms with Crippen LogP contribution in [0.5, 0.6) is 5.75 Å². The van der Waals surface area contributed by atoms with Crippen molar-refractivity contribution < 1.29 is 17.9 Å². The van der Waals surface area contributed by atoms with Crippen molar-refractivity contribution in [2.45, 2.75) is 43.5 Å². The number of benzene rings is 2. The third-order valence-corrected chi connectivity index (χ3v) is 9.58. The van der Waals surface area contributed by atoms with Crippen LogP contribution in [0.1, 0.15) is 43.0 Å². The molecule has 202 valence electrons. The molecule has 0 bridgehead atoms. The molecule has 1 aliphatic heterocycles. The number of hydrogen-bond acceptors (Lipinski definition) is 7. The van der Waals surface area contributed by atoms with Crippen molar-refractivity contribution in [3.63, 3.8) is 0 Å². The third kappa shape index (κ3) is 6.61. The van der Waals surface area contributed by atoms with Crippen molar-refractivity contribution in [3.05, 3.63) is 48.0 Å². The Bertz CT molecular complexity index is 1310. The van der Waals surface area contributed by atoms with Crippen LogP contribution in [0.2, 0.25) is 0 Å². The van der Waals surface area contributed by atoms with E-state index in [1.165, 1.54) is 11.3 Å². The van der Waals surface area contributed by atoms with Crippen molar-refractivity contribution in [2.75, 3.05) is 45.7 Å². The third-order valence-electron chi connectivity index (χ3n) is 6.50. The number of halogens is 1. The zero-order valence-corrected chi connectivity index (χ0v) is 24.2. The lowest BCUT2D eigenvalue weighted by atomic mass is 10.1. The first-order valence-corrected chi connectivity index (χ1v) is 14.5. The van der Waals surface area contributed by atoms with E-state index in [4.69, 9.17) is 9.72 Å². The average Bonchev–Trinajstić information content (AvgIpc) is 3.29. The first-order chi connectivity index (χ1) is 17.2. The second-order valence-electron chi connectivity index (χ2n) is 9.43. The highest BCUT2D eigenvalue weighted by Crippen LogP contribution is 2.32. The van der Waals surface area contributed by atoms with Crippen LogP contribution in [-0.2, 0) is 10.0 Å². The number of ether oxygens (including phenoxy) is 1. The Morgan fingerprint density at radius 2 is 1.86 bits per heavy atom. The predicted molar refractivity (Wildman–Crippen MR) is 152 cm³/mol. The van der Waals surface area contributed by atoms with Gasteiger partial charge in [0.15, 0.2) is 5.13 Å². The predicted octanol–water partition coefficient (Wildman–Crippen LogP) is 4.89. The van der Waals surface area contributed by atoms with E-state index >= 15 is 0 Å². The average molecular weight is 567 g/mol. The van der Waals surface area contributed by atoms with Crippen LogP contribution in [0, 0.1) is 0 Å². The van der Waals surface area contributed by atoms with Crippen molar-refractivity contribution >= 4 is 55.0 Å². The second kappa shape index (κ2) is 12.5. The Morgan fingerprint density at radius 3 is 2.51 bits per heavy atom. The largest absolute Gasteiger partial charge is 0.497 e. The standard InChI is InChI=1S/C26H34N4O4S2.ClH/c1-19-8-5-6-17-30(19)36(32,33)22-12-9-20(10-13-22)25(31)29(16-7-15-28(2)3)26-27-23-18-21(34-4)11-14-24(23)35-26;/h9-14,18-19H,5-8,15-17H2,1-4H3;1H. The van der Waals surface area contributed by atoms with E-state index in [-0.39, 0.29) is 29.3 Å². The van der Waals surface area contributed by atoms with Gasteiger partial charge >= 0.3 is 0 Å². The number of rotatable bonds is 9. The number of nitrogens with zero attached hydrogens (tertiary/aromatic N) is 4. The Kier molecular flexibility index (Phi) is 9.93. The molecule has 1 aliphatic rings. The molecular formula is C26H35ClN4O4S2. The van der Waals surface area contributed by atoms with Crippen molar-refractivity contribution in [1.29, 1.82) is 0 Å². The molecule has 1 saturated heterocycles. The van der Waals surface area contributed by atoms with E-state index in [1.807, 2.05) is 39.2 Å². The number of carbonyl (C=O) groups excluding carboxylic acids is 1. The molecule has 1 fully saturated rings. The summed E-state index contributed by atoms with van der Waals surface area (Å²) in [5, 5.41) is 0.612. The van der Waals surface area contributed by atoms with E-state index < -0.39 is 10.0 Å². The fourth-order valence-electron chi connectivity index (χ4n) is 4.46. The lowest BCUT2D eigenvalue weighted by Gasteiger charge is -2.32. The fourth-order valence-corrected chi connectivity index (χ4v) is 7.13. The summed E-state index contributed by atoms with van der Waals surface area (Å²) in [5.41, 5.74) is 1.21. The molecule has 0 aliphatic carbocycles. The Balaban J connectivity index is 0.00000380. The molecule has 1 amide bonds. The topological polar surface area (TPSA) is 83.0 Å². The Labute approximate surface area is 229 Å². The molecule has 0 saturated carbocycles. The van der Waals surface area contributed by atoms with Gasteiger partial charge in [-0.05, 0) is 83.2 Å². The lowest BCUT2D eigenvalue weighted by molar-refractivity contribution is 0.0986. The summed E-state index contributed by atoms with van der Waals surface area (Å²) in [7, 11) is 2.02. The van der Waals surface area contributed by atoms with Gasteiger partial charge in [-0.25, -0.2) is 13.4 Å². The molecule has 11 heteroatoms. The summed E-state index contributed by atoms with van der Waals surface area (Å²) >= 11 is 1.46. The maximum Gasteiger partial charge on any atom is 0.260 e. The minimum atomic E-state index is -3.59. The monoisotopic (exact) mass is 566 g/mol. The quantitative estimate of drug-likeness (QED) is 0.367. The molecule has 1 unspecified atom stereocenters. The van der Waals surface area contributed by atoms with Crippen LogP contribution < -0.4 is 9.64 Å². The molecular weight excluding hydrogens is 532 g/mol. The van der Waals surface area contributed by atoms with Gasteiger partial charge in [0, 0.05) is 30.8 Å². The van der Waals surface area contributed by atoms with Gasteiger partial charge in [-0.2, -0.15) is 4.31 Å². The van der Waals surface area contributed by atoms with Gasteiger partial charge in [0.05, 0.1) is 22.2 Å². The van der Waals surface area contributed by atoms with Crippen molar-refractivity contribution in [1.82, 2.24) is 14.2 Å². The summed E-state index contributed by atoms with van der Waals surface area (Å²) in [6, 6.07) is 12.0. The van der Waals surface area contributed by atoms with Crippen LogP contribution in [0.4, 0.5) is 5.13 Å². The van der Waals surface area contributed by atoms with E-state index in [1.54, 1.807) is 40.6 Å². The number of aromatic nitrogens is 1. The molecule has 1 atom stereocenters. The van der Waals surface area contributed by atoms with Crippen molar-refractivity contribution in [2.24, 2.45) is 0 Å². The maximum absolute atomic E-state index is 13.6. The van der Waals surface area contributed by atoms with Crippen LogP contribution in [0.25, 0.3) is 10.2 Å². The number of carbonyl (C=O) groups is 1. The summed E-state index contributed by atoms with van der Waals surface area (Å²) in [5.74, 6) is 0.514. The number of sulfonamides is 1. The van der Waals surface area contributed by atoms with Gasteiger partial charge in [-0.1, -0.05) is 17.8 Å². The van der Waals surface area contributed by atoms with Gasteiger partial charge < -0.3 is 9.64 Å². The van der Waals surface area contributed by atoms with Gasteiger partial charge in [0.25, 0.3) is 5.91 Å². The van der Waals surface area contributed by atoms with Gasteiger partial charge in [-0.3, -0.25) is 9.69 Å². The number of amides is 1.